The molecule has 1 aromatic rings. The first kappa shape index (κ1) is 9.27. The van der Waals surface area contributed by atoms with Gasteiger partial charge in [-0.15, -0.1) is 5.73 Å². The smallest absolute Gasteiger partial charge is 0.106 e. The molecule has 0 aliphatic rings. The molecule has 0 bridgehead atoms. The van der Waals surface area contributed by atoms with Gasteiger partial charge in [-0.1, -0.05) is 40.7 Å². The summed E-state index contributed by atoms with van der Waals surface area (Å²) in [5.41, 5.74) is 3.37. The van der Waals surface area contributed by atoms with Crippen molar-refractivity contribution in [3.05, 3.63) is 52.7 Å². The van der Waals surface area contributed by atoms with Crippen molar-refractivity contribution in [3.8, 4) is 0 Å². The van der Waals surface area contributed by atoms with Gasteiger partial charge in [0.2, 0.25) is 0 Å². The van der Waals surface area contributed by atoms with Crippen LogP contribution in [0.25, 0.3) is 0 Å². The molecular weight excluding hydrogens is 216 g/mol. The zero-order chi connectivity index (χ0) is 8.97. The summed E-state index contributed by atoms with van der Waals surface area (Å²) < 4.78 is 0.893. The highest BCUT2D eigenvalue weighted by Gasteiger charge is 2.05. The fourth-order valence-corrected chi connectivity index (χ4v) is 1.44. The van der Waals surface area contributed by atoms with E-state index in [9.17, 15) is 5.11 Å². The van der Waals surface area contributed by atoms with E-state index in [0.29, 0.717) is 0 Å². The van der Waals surface area contributed by atoms with Crippen LogP contribution in [-0.4, -0.2) is 5.11 Å². The van der Waals surface area contributed by atoms with E-state index >= 15 is 0 Å². The monoisotopic (exact) mass is 224 g/mol. The largest absolute Gasteiger partial charge is 0.384 e. The second-order valence-electron chi connectivity index (χ2n) is 2.34. The molecule has 62 valence electrons. The molecule has 1 nitrogen and oxygen atoms in total. The maximum absolute atomic E-state index is 9.51. The average molecular weight is 225 g/mol. The number of aliphatic hydroxyl groups excluding tert-OH is 1. The van der Waals surface area contributed by atoms with Crippen molar-refractivity contribution < 1.29 is 5.11 Å². The van der Waals surface area contributed by atoms with E-state index in [1.807, 2.05) is 24.3 Å². The highest BCUT2D eigenvalue weighted by atomic mass is 79.9. The van der Waals surface area contributed by atoms with Crippen LogP contribution in [0.5, 0.6) is 0 Å². The summed E-state index contributed by atoms with van der Waals surface area (Å²) in [5.74, 6) is 0. The first-order valence-corrected chi connectivity index (χ1v) is 4.33. The molecule has 1 N–H and O–H groups in total. The summed E-state index contributed by atoms with van der Waals surface area (Å²) in [4.78, 5) is 0. The molecule has 1 rings (SSSR count). The third kappa shape index (κ3) is 2.08. The van der Waals surface area contributed by atoms with Crippen molar-refractivity contribution >= 4 is 15.9 Å². The molecule has 0 spiro atoms. The van der Waals surface area contributed by atoms with Gasteiger partial charge in [0, 0.05) is 4.47 Å². The summed E-state index contributed by atoms with van der Waals surface area (Å²) >= 11 is 3.34. The highest BCUT2D eigenvalue weighted by Crippen LogP contribution is 2.23. The Balaban J connectivity index is 3.02. The van der Waals surface area contributed by atoms with Crippen molar-refractivity contribution in [1.29, 1.82) is 0 Å². The number of halogens is 1. The van der Waals surface area contributed by atoms with Crippen LogP contribution in [-0.2, 0) is 0 Å². The lowest BCUT2D eigenvalue weighted by molar-refractivity contribution is 0.228. The van der Waals surface area contributed by atoms with Crippen LogP contribution in [0.1, 0.15) is 11.7 Å². The minimum atomic E-state index is -0.627. The van der Waals surface area contributed by atoms with Gasteiger partial charge in [0.25, 0.3) is 0 Å². The zero-order valence-electron chi connectivity index (χ0n) is 6.50. The van der Waals surface area contributed by atoms with Crippen LogP contribution in [0.4, 0.5) is 0 Å². The van der Waals surface area contributed by atoms with Gasteiger partial charge in [0.15, 0.2) is 0 Å². The van der Waals surface area contributed by atoms with E-state index in [4.69, 9.17) is 0 Å². The van der Waals surface area contributed by atoms with Crippen LogP contribution < -0.4 is 0 Å². The first-order valence-electron chi connectivity index (χ1n) is 3.54. The molecule has 0 aliphatic carbocycles. The second kappa shape index (κ2) is 4.27. The van der Waals surface area contributed by atoms with Gasteiger partial charge in [-0.25, -0.2) is 0 Å². The molecule has 0 heterocycles. The van der Waals surface area contributed by atoms with Crippen molar-refractivity contribution in [1.82, 2.24) is 0 Å². The Morgan fingerprint density at radius 1 is 1.50 bits per heavy atom. The summed E-state index contributed by atoms with van der Waals surface area (Å²) in [6, 6.07) is 7.51. The van der Waals surface area contributed by atoms with Crippen LogP contribution >= 0.6 is 15.9 Å². The lowest BCUT2D eigenvalue weighted by Gasteiger charge is -2.06. The third-order valence-corrected chi connectivity index (χ3v) is 2.22. The second-order valence-corrected chi connectivity index (χ2v) is 3.19. The number of rotatable bonds is 2. The molecule has 0 saturated heterocycles. The third-order valence-electron chi connectivity index (χ3n) is 1.50. The molecule has 1 atom stereocenters. The lowest BCUT2D eigenvalue weighted by Crippen LogP contribution is -1.92. The number of hydrogen-bond donors (Lipinski definition) is 1. The SMILES string of the molecule is C=C=C[C@H](O)c1ccccc1Br. The predicted molar refractivity (Wildman–Crippen MR) is 52.8 cm³/mol. The highest BCUT2D eigenvalue weighted by molar-refractivity contribution is 9.10. The van der Waals surface area contributed by atoms with Crippen LogP contribution in [0.3, 0.4) is 0 Å². The Morgan fingerprint density at radius 2 is 2.17 bits per heavy atom. The Morgan fingerprint density at radius 3 is 2.75 bits per heavy atom. The average Bonchev–Trinajstić information content (AvgIpc) is 2.05. The molecule has 1 aromatic carbocycles. The maximum atomic E-state index is 9.51. The molecule has 12 heavy (non-hydrogen) atoms. The quantitative estimate of drug-likeness (QED) is 0.767. The molecular formula is C10H9BrO. The van der Waals surface area contributed by atoms with E-state index < -0.39 is 6.10 Å². The molecule has 2 heteroatoms. The summed E-state index contributed by atoms with van der Waals surface area (Å²) in [5, 5.41) is 9.51. The minimum absolute atomic E-state index is 0.627. The first-order chi connectivity index (χ1) is 5.75. The molecule has 0 radical (unpaired) electrons. The van der Waals surface area contributed by atoms with E-state index in [1.165, 1.54) is 6.08 Å². The number of aliphatic hydroxyl groups is 1. The van der Waals surface area contributed by atoms with E-state index in [0.717, 1.165) is 10.0 Å². The minimum Gasteiger partial charge on any atom is -0.384 e. The molecule has 0 aromatic heterocycles. The lowest BCUT2D eigenvalue weighted by atomic mass is 10.1. The van der Waals surface area contributed by atoms with Gasteiger partial charge >= 0.3 is 0 Å². The van der Waals surface area contributed by atoms with Crippen molar-refractivity contribution in [2.75, 3.05) is 0 Å². The Hall–Kier alpha value is -0.820. The normalized spacial score (nSPS) is 11.8. The van der Waals surface area contributed by atoms with Crippen molar-refractivity contribution in [2.24, 2.45) is 0 Å². The van der Waals surface area contributed by atoms with Gasteiger partial charge < -0.3 is 5.11 Å². The Kier molecular flexibility index (Phi) is 3.30. The fourth-order valence-electron chi connectivity index (χ4n) is 0.916. The molecule has 0 aliphatic heterocycles. The van der Waals surface area contributed by atoms with E-state index in [2.05, 4.69) is 28.2 Å². The number of hydrogen-bond acceptors (Lipinski definition) is 1. The van der Waals surface area contributed by atoms with Crippen molar-refractivity contribution in [2.45, 2.75) is 6.10 Å². The van der Waals surface area contributed by atoms with Crippen LogP contribution in [0, 0.1) is 0 Å². The Bertz CT molecular complexity index is 313. The molecule has 0 fully saturated rings. The molecule has 0 unspecified atom stereocenters. The van der Waals surface area contributed by atoms with Crippen LogP contribution in [0.15, 0.2) is 47.1 Å². The van der Waals surface area contributed by atoms with Gasteiger partial charge in [-0.05, 0) is 17.7 Å². The Labute approximate surface area is 80.2 Å². The summed E-state index contributed by atoms with van der Waals surface area (Å²) in [7, 11) is 0. The van der Waals surface area contributed by atoms with Crippen LogP contribution in [0.2, 0.25) is 0 Å². The summed E-state index contributed by atoms with van der Waals surface area (Å²) in [6.07, 6.45) is 0.887. The van der Waals surface area contributed by atoms with Gasteiger partial charge in [0.05, 0.1) is 0 Å². The number of benzene rings is 1. The maximum Gasteiger partial charge on any atom is 0.106 e. The van der Waals surface area contributed by atoms with Gasteiger partial charge in [-0.2, -0.15) is 0 Å². The van der Waals surface area contributed by atoms with Gasteiger partial charge in [-0.3, -0.25) is 0 Å². The molecule has 0 saturated carbocycles. The van der Waals surface area contributed by atoms with Gasteiger partial charge in [0.1, 0.15) is 6.10 Å². The topological polar surface area (TPSA) is 20.2 Å². The van der Waals surface area contributed by atoms with E-state index in [1.54, 1.807) is 0 Å². The molecule has 0 amide bonds. The summed E-state index contributed by atoms with van der Waals surface area (Å²) in [6.45, 7) is 3.40. The fraction of sp³-hybridized carbons (Fsp3) is 0.100. The predicted octanol–water partition coefficient (Wildman–Crippen LogP) is 2.82. The standard InChI is InChI=1S/C10H9BrO/c1-2-5-10(12)8-6-3-4-7-9(8)11/h3-7,10,12H,1H2/t10-/m0/s1. The van der Waals surface area contributed by atoms with Crippen molar-refractivity contribution in [3.63, 3.8) is 0 Å². The zero-order valence-corrected chi connectivity index (χ0v) is 8.08. The van der Waals surface area contributed by atoms with E-state index in [-0.39, 0.29) is 0 Å².